The van der Waals surface area contributed by atoms with E-state index in [2.05, 4.69) is 52.1 Å². The fourth-order valence-electron chi connectivity index (χ4n) is 1.45. The molecule has 5 nitrogen and oxygen atoms in total. The molecule has 0 fully saturated rings. The van der Waals surface area contributed by atoms with Crippen molar-refractivity contribution in [3.8, 4) is 6.19 Å². The molecule has 0 radical (unpaired) electrons. The molecule has 0 amide bonds. The Morgan fingerprint density at radius 1 is 1.33 bits per heavy atom. The second kappa shape index (κ2) is 13.3. The number of rotatable bonds is 5. The fourth-order valence-corrected chi connectivity index (χ4v) is 2.23. The number of benzene rings is 1. The standard InChI is InChI=1S/C13H18N4S.C2H7N/c1-11-4-3-5-12(8-11)9-18-7-6-16-13(15-2)17-10-14;1-3-2/h3-5,8H,6-7,9H2,1-2H3,(H2,15,16,17);3H,1-2H3. The normalized spacial score (nSPS) is 10.1. The molecule has 116 valence electrons. The largest absolute Gasteiger partial charge is 0.359 e. The van der Waals surface area contributed by atoms with E-state index in [4.69, 9.17) is 5.26 Å². The van der Waals surface area contributed by atoms with Crippen LogP contribution >= 0.6 is 11.8 Å². The van der Waals surface area contributed by atoms with Crippen molar-refractivity contribution in [2.75, 3.05) is 33.4 Å². The van der Waals surface area contributed by atoms with Gasteiger partial charge in [-0.25, -0.2) is 0 Å². The number of aliphatic imine (C=N–C) groups is 1. The summed E-state index contributed by atoms with van der Waals surface area (Å²) >= 11 is 1.84. The van der Waals surface area contributed by atoms with Gasteiger partial charge in [0.05, 0.1) is 6.54 Å². The minimum atomic E-state index is 0.522. The van der Waals surface area contributed by atoms with Gasteiger partial charge in [-0.05, 0) is 26.6 Å². The maximum atomic E-state index is 8.46. The lowest BCUT2D eigenvalue weighted by Crippen LogP contribution is -2.31. The Hall–Kier alpha value is -1.71. The number of hydrogen-bond acceptors (Lipinski definition) is 4. The molecule has 0 saturated heterocycles. The maximum Gasteiger partial charge on any atom is 0.204 e. The molecule has 0 aliphatic heterocycles. The van der Waals surface area contributed by atoms with Crippen LogP contribution < -0.4 is 16.0 Å². The molecule has 1 aromatic rings. The number of guanidine groups is 1. The third-order valence-electron chi connectivity index (χ3n) is 2.27. The van der Waals surface area contributed by atoms with E-state index in [1.54, 1.807) is 7.05 Å². The van der Waals surface area contributed by atoms with Gasteiger partial charge in [0.1, 0.15) is 0 Å². The monoisotopic (exact) mass is 307 g/mol. The molecule has 21 heavy (non-hydrogen) atoms. The van der Waals surface area contributed by atoms with Crippen molar-refractivity contribution < 1.29 is 0 Å². The highest BCUT2D eigenvalue weighted by Crippen LogP contribution is 2.13. The van der Waals surface area contributed by atoms with E-state index < -0.39 is 0 Å². The zero-order valence-electron chi connectivity index (χ0n) is 13.2. The van der Waals surface area contributed by atoms with Crippen LogP contribution in [-0.4, -0.2) is 39.4 Å². The average Bonchev–Trinajstić information content (AvgIpc) is 2.46. The lowest BCUT2D eigenvalue weighted by atomic mass is 10.2. The maximum absolute atomic E-state index is 8.46. The molecular formula is C15H25N5S. The van der Waals surface area contributed by atoms with Crippen LogP contribution in [0.5, 0.6) is 0 Å². The van der Waals surface area contributed by atoms with Gasteiger partial charge in [-0.1, -0.05) is 29.8 Å². The number of thioether (sulfide) groups is 1. The van der Waals surface area contributed by atoms with Gasteiger partial charge in [0.25, 0.3) is 0 Å². The van der Waals surface area contributed by atoms with E-state index in [9.17, 15) is 0 Å². The Morgan fingerprint density at radius 2 is 2.05 bits per heavy atom. The van der Waals surface area contributed by atoms with E-state index in [1.807, 2.05) is 32.1 Å². The Bertz CT molecular complexity index is 454. The van der Waals surface area contributed by atoms with Gasteiger partial charge in [-0.2, -0.15) is 17.0 Å². The number of nitrogens with zero attached hydrogens (tertiary/aromatic N) is 2. The third-order valence-corrected chi connectivity index (χ3v) is 3.28. The van der Waals surface area contributed by atoms with Crippen molar-refractivity contribution in [3.63, 3.8) is 0 Å². The van der Waals surface area contributed by atoms with Gasteiger partial charge in [0.2, 0.25) is 5.96 Å². The summed E-state index contributed by atoms with van der Waals surface area (Å²) in [5, 5.41) is 16.5. The van der Waals surface area contributed by atoms with E-state index in [0.29, 0.717) is 12.5 Å². The van der Waals surface area contributed by atoms with Crippen LogP contribution in [0.15, 0.2) is 29.3 Å². The lowest BCUT2D eigenvalue weighted by Gasteiger charge is -2.03. The molecule has 3 N–H and O–H groups in total. The first kappa shape index (κ1) is 19.3. The van der Waals surface area contributed by atoms with Crippen LogP contribution in [-0.2, 0) is 5.75 Å². The Morgan fingerprint density at radius 3 is 2.62 bits per heavy atom. The highest BCUT2D eigenvalue weighted by atomic mass is 32.2. The molecule has 0 aromatic heterocycles. The lowest BCUT2D eigenvalue weighted by molar-refractivity contribution is 1.01. The number of nitrogens with one attached hydrogen (secondary N) is 3. The number of hydrogen-bond donors (Lipinski definition) is 3. The molecule has 0 saturated carbocycles. The van der Waals surface area contributed by atoms with Gasteiger partial charge in [-0.15, -0.1) is 0 Å². The van der Waals surface area contributed by atoms with Crippen LogP contribution in [0.4, 0.5) is 0 Å². The zero-order valence-corrected chi connectivity index (χ0v) is 14.0. The molecular weight excluding hydrogens is 282 g/mol. The summed E-state index contributed by atoms with van der Waals surface area (Å²) in [5.41, 5.74) is 2.63. The highest BCUT2D eigenvalue weighted by molar-refractivity contribution is 7.98. The zero-order chi connectivity index (χ0) is 15.9. The van der Waals surface area contributed by atoms with Crippen molar-refractivity contribution in [2.45, 2.75) is 12.7 Å². The minimum absolute atomic E-state index is 0.522. The SMILES string of the molecule is CNC.CNC(=NCCSCc1cccc(C)c1)NC#N. The fraction of sp³-hybridized carbons (Fsp3) is 0.467. The summed E-state index contributed by atoms with van der Waals surface area (Å²) in [6, 6.07) is 8.52. The second-order valence-electron chi connectivity index (χ2n) is 4.26. The predicted octanol–water partition coefficient (Wildman–Crippen LogP) is 1.71. The summed E-state index contributed by atoms with van der Waals surface area (Å²) in [6.07, 6.45) is 1.84. The quantitative estimate of drug-likeness (QED) is 0.254. The van der Waals surface area contributed by atoms with Crippen molar-refractivity contribution in [2.24, 2.45) is 4.99 Å². The van der Waals surface area contributed by atoms with Crippen molar-refractivity contribution in [3.05, 3.63) is 35.4 Å². The number of nitriles is 1. The molecule has 0 unspecified atom stereocenters. The third kappa shape index (κ3) is 10.7. The molecule has 0 atom stereocenters. The first-order valence-corrected chi connectivity index (χ1v) is 7.92. The first-order valence-electron chi connectivity index (χ1n) is 6.77. The van der Waals surface area contributed by atoms with Crippen LogP contribution in [0.3, 0.4) is 0 Å². The Labute approximate surface area is 132 Å². The van der Waals surface area contributed by atoms with Gasteiger partial charge < -0.3 is 10.6 Å². The van der Waals surface area contributed by atoms with Crippen LogP contribution in [0.1, 0.15) is 11.1 Å². The first-order chi connectivity index (χ1) is 10.2. The van der Waals surface area contributed by atoms with Crippen molar-refractivity contribution in [1.82, 2.24) is 16.0 Å². The number of aryl methyl sites for hydroxylation is 1. The van der Waals surface area contributed by atoms with Crippen LogP contribution in [0.25, 0.3) is 0 Å². The van der Waals surface area contributed by atoms with Gasteiger partial charge >= 0.3 is 0 Å². The summed E-state index contributed by atoms with van der Waals surface area (Å²) in [5.74, 6) is 2.46. The molecule has 6 heteroatoms. The van der Waals surface area contributed by atoms with Crippen molar-refractivity contribution >= 4 is 17.7 Å². The molecule has 0 bridgehead atoms. The average molecular weight is 307 g/mol. The molecule has 1 rings (SSSR count). The molecule has 0 aliphatic rings. The summed E-state index contributed by atoms with van der Waals surface area (Å²) in [7, 11) is 5.49. The Balaban J connectivity index is 0.00000122. The minimum Gasteiger partial charge on any atom is -0.359 e. The summed E-state index contributed by atoms with van der Waals surface area (Å²) in [6.45, 7) is 2.80. The van der Waals surface area contributed by atoms with Crippen LogP contribution in [0, 0.1) is 18.4 Å². The van der Waals surface area contributed by atoms with Gasteiger partial charge in [0.15, 0.2) is 6.19 Å². The van der Waals surface area contributed by atoms with E-state index in [-0.39, 0.29) is 0 Å². The molecule has 0 heterocycles. The van der Waals surface area contributed by atoms with E-state index in [0.717, 1.165) is 11.5 Å². The smallest absolute Gasteiger partial charge is 0.204 e. The van der Waals surface area contributed by atoms with Gasteiger partial charge in [0, 0.05) is 18.6 Å². The topological polar surface area (TPSA) is 72.2 Å². The molecule has 1 aromatic carbocycles. The highest BCUT2D eigenvalue weighted by Gasteiger charge is 1.95. The second-order valence-corrected chi connectivity index (χ2v) is 5.36. The van der Waals surface area contributed by atoms with Gasteiger partial charge in [-0.3, -0.25) is 10.3 Å². The Kier molecular flexibility index (Phi) is 12.2. The van der Waals surface area contributed by atoms with E-state index in [1.165, 1.54) is 11.1 Å². The predicted molar refractivity (Wildman–Crippen MR) is 92.4 cm³/mol. The molecule has 0 spiro atoms. The summed E-state index contributed by atoms with van der Waals surface area (Å²) in [4.78, 5) is 4.23. The summed E-state index contributed by atoms with van der Waals surface area (Å²) < 4.78 is 0. The van der Waals surface area contributed by atoms with Crippen molar-refractivity contribution in [1.29, 1.82) is 5.26 Å². The van der Waals surface area contributed by atoms with Crippen LogP contribution in [0.2, 0.25) is 0 Å². The molecule has 0 aliphatic carbocycles. The van der Waals surface area contributed by atoms with E-state index >= 15 is 0 Å².